The Balaban J connectivity index is 3.02. The van der Waals surface area contributed by atoms with E-state index in [2.05, 4.69) is 0 Å². The van der Waals surface area contributed by atoms with E-state index < -0.39 is 11.9 Å². The van der Waals surface area contributed by atoms with E-state index in [-0.39, 0.29) is 0 Å². The molecule has 1 aromatic rings. The molecule has 0 saturated heterocycles. The van der Waals surface area contributed by atoms with Crippen molar-refractivity contribution in [2.45, 2.75) is 39.1 Å². The normalized spacial score (nSPS) is 14.0. The Morgan fingerprint density at radius 1 is 1.05 bits per heavy atom. The van der Waals surface area contributed by atoms with Crippen molar-refractivity contribution in [2.24, 2.45) is 0 Å². The van der Waals surface area contributed by atoms with Crippen LogP contribution in [0.2, 0.25) is 0 Å². The van der Waals surface area contributed by atoms with Crippen molar-refractivity contribution in [2.75, 3.05) is 27.4 Å². The Morgan fingerprint density at radius 3 is 2.14 bits per heavy atom. The first-order valence-electron chi connectivity index (χ1n) is 7.16. The molecule has 0 aromatic heterocycles. The van der Waals surface area contributed by atoms with E-state index in [0.29, 0.717) is 31.1 Å². The van der Waals surface area contributed by atoms with Gasteiger partial charge >= 0.3 is 0 Å². The molecule has 0 radical (unpaired) electrons. The minimum Gasteiger partial charge on any atom is -0.490 e. The zero-order valence-electron chi connectivity index (χ0n) is 13.5. The third-order valence-electron chi connectivity index (χ3n) is 3.26. The largest absolute Gasteiger partial charge is 0.490 e. The monoisotopic (exact) mass is 298 g/mol. The van der Waals surface area contributed by atoms with E-state index >= 15 is 0 Å². The second-order valence-corrected chi connectivity index (χ2v) is 4.91. The molecule has 1 aromatic carbocycles. The van der Waals surface area contributed by atoms with E-state index in [0.717, 1.165) is 5.56 Å². The van der Waals surface area contributed by atoms with Crippen LogP contribution in [-0.2, 0) is 15.1 Å². The van der Waals surface area contributed by atoms with Crippen LogP contribution < -0.4 is 9.47 Å². The molecule has 5 nitrogen and oxygen atoms in total. The first kappa shape index (κ1) is 17.8. The highest BCUT2D eigenvalue weighted by Gasteiger charge is 2.28. The van der Waals surface area contributed by atoms with E-state index in [1.54, 1.807) is 27.2 Å². The zero-order chi connectivity index (χ0) is 15.9. The quantitative estimate of drug-likeness (QED) is 0.710. The van der Waals surface area contributed by atoms with Gasteiger partial charge < -0.3 is 24.1 Å². The summed E-state index contributed by atoms with van der Waals surface area (Å²) < 4.78 is 21.4. The fourth-order valence-corrected chi connectivity index (χ4v) is 2.09. The van der Waals surface area contributed by atoms with Crippen LogP contribution in [0.15, 0.2) is 18.2 Å². The summed E-state index contributed by atoms with van der Waals surface area (Å²) in [4.78, 5) is 0. The number of hydrogen-bond acceptors (Lipinski definition) is 5. The molecule has 1 unspecified atom stereocenters. The van der Waals surface area contributed by atoms with Crippen LogP contribution in [0, 0.1) is 0 Å². The van der Waals surface area contributed by atoms with E-state index in [4.69, 9.17) is 18.9 Å². The smallest absolute Gasteiger partial charge is 0.161 e. The molecule has 1 rings (SSSR count). The lowest BCUT2D eigenvalue weighted by atomic mass is 9.92. The molecule has 0 spiro atoms. The van der Waals surface area contributed by atoms with Gasteiger partial charge in [-0.3, -0.25) is 0 Å². The van der Waals surface area contributed by atoms with Gasteiger partial charge in [-0.15, -0.1) is 0 Å². The molecule has 5 heteroatoms. The molecule has 0 aliphatic carbocycles. The predicted molar refractivity (Wildman–Crippen MR) is 80.8 cm³/mol. The standard InChI is InChI=1S/C16H26O5/c1-6-20-13-9-8-12(10-14(13)21-7-2)16(3,17)11-15(18-4)19-5/h8-10,15,17H,6-7,11H2,1-5H3. The van der Waals surface area contributed by atoms with E-state index in [1.165, 1.54) is 0 Å². The Kier molecular flexibility index (Phi) is 6.95. The zero-order valence-corrected chi connectivity index (χ0v) is 13.5. The molecule has 1 N–H and O–H groups in total. The molecule has 0 fully saturated rings. The van der Waals surface area contributed by atoms with Gasteiger partial charge in [-0.1, -0.05) is 6.07 Å². The highest BCUT2D eigenvalue weighted by atomic mass is 16.7. The summed E-state index contributed by atoms with van der Waals surface area (Å²) in [5, 5.41) is 10.7. The summed E-state index contributed by atoms with van der Waals surface area (Å²) in [6.45, 7) is 6.65. The minimum atomic E-state index is -1.09. The molecule has 0 bridgehead atoms. The van der Waals surface area contributed by atoms with Crippen LogP contribution in [-0.4, -0.2) is 38.8 Å². The maximum atomic E-state index is 10.7. The molecule has 0 amide bonds. The minimum absolute atomic E-state index is 0.319. The van der Waals surface area contributed by atoms with Crippen LogP contribution in [0.1, 0.15) is 32.8 Å². The van der Waals surface area contributed by atoms with Crippen LogP contribution in [0.3, 0.4) is 0 Å². The van der Waals surface area contributed by atoms with Gasteiger partial charge in [0.15, 0.2) is 17.8 Å². The summed E-state index contributed by atoms with van der Waals surface area (Å²) in [6, 6.07) is 5.44. The Labute approximate surface area is 126 Å². The number of methoxy groups -OCH3 is 2. The van der Waals surface area contributed by atoms with Crippen LogP contribution in [0.4, 0.5) is 0 Å². The summed E-state index contributed by atoms with van der Waals surface area (Å²) >= 11 is 0. The summed E-state index contributed by atoms with van der Waals surface area (Å²) in [5.74, 6) is 1.30. The van der Waals surface area contributed by atoms with Crippen molar-refractivity contribution < 1.29 is 24.1 Å². The average molecular weight is 298 g/mol. The third kappa shape index (κ3) is 4.88. The predicted octanol–water partition coefficient (Wildman–Crippen LogP) is 2.70. The lowest BCUT2D eigenvalue weighted by molar-refractivity contribution is -0.142. The Bertz CT molecular complexity index is 427. The van der Waals surface area contributed by atoms with Gasteiger partial charge in [0, 0.05) is 20.6 Å². The van der Waals surface area contributed by atoms with Gasteiger partial charge in [0.1, 0.15) is 0 Å². The number of aliphatic hydroxyl groups is 1. The van der Waals surface area contributed by atoms with Crippen molar-refractivity contribution in [3.8, 4) is 11.5 Å². The Hall–Kier alpha value is -1.30. The van der Waals surface area contributed by atoms with E-state index in [1.807, 2.05) is 26.0 Å². The van der Waals surface area contributed by atoms with Crippen LogP contribution in [0.5, 0.6) is 11.5 Å². The molecule has 0 aliphatic rings. The SMILES string of the molecule is CCOc1ccc(C(C)(O)CC(OC)OC)cc1OCC. The highest BCUT2D eigenvalue weighted by Crippen LogP contribution is 2.35. The second kappa shape index (κ2) is 8.22. The van der Waals surface area contributed by atoms with E-state index in [9.17, 15) is 5.11 Å². The van der Waals surface area contributed by atoms with Crippen molar-refractivity contribution in [1.82, 2.24) is 0 Å². The average Bonchev–Trinajstić information content (AvgIpc) is 2.47. The summed E-state index contributed by atoms with van der Waals surface area (Å²) in [6.07, 6.45) is -0.151. The first-order valence-corrected chi connectivity index (χ1v) is 7.16. The van der Waals surface area contributed by atoms with Crippen LogP contribution in [0.25, 0.3) is 0 Å². The topological polar surface area (TPSA) is 57.2 Å². The Morgan fingerprint density at radius 2 is 1.62 bits per heavy atom. The molecule has 120 valence electrons. The van der Waals surface area contributed by atoms with Gasteiger partial charge in [0.25, 0.3) is 0 Å². The molecular weight excluding hydrogens is 272 g/mol. The lowest BCUT2D eigenvalue weighted by Gasteiger charge is -2.28. The van der Waals surface area contributed by atoms with Gasteiger partial charge in [-0.2, -0.15) is 0 Å². The number of benzene rings is 1. The van der Waals surface area contributed by atoms with Crippen molar-refractivity contribution in [3.63, 3.8) is 0 Å². The lowest BCUT2D eigenvalue weighted by Crippen LogP contribution is -2.29. The van der Waals surface area contributed by atoms with Crippen molar-refractivity contribution in [1.29, 1.82) is 0 Å². The first-order chi connectivity index (χ1) is 9.98. The van der Waals surface area contributed by atoms with Gasteiger partial charge in [0.2, 0.25) is 0 Å². The number of ether oxygens (including phenoxy) is 4. The fourth-order valence-electron chi connectivity index (χ4n) is 2.09. The van der Waals surface area contributed by atoms with Crippen molar-refractivity contribution in [3.05, 3.63) is 23.8 Å². The number of rotatable bonds is 9. The number of hydrogen-bond donors (Lipinski definition) is 1. The van der Waals surface area contributed by atoms with Gasteiger partial charge in [-0.05, 0) is 38.5 Å². The second-order valence-electron chi connectivity index (χ2n) is 4.91. The van der Waals surface area contributed by atoms with Crippen LogP contribution >= 0.6 is 0 Å². The maximum absolute atomic E-state index is 10.7. The molecule has 0 aliphatic heterocycles. The molecular formula is C16H26O5. The fraction of sp³-hybridized carbons (Fsp3) is 0.625. The molecule has 0 heterocycles. The highest BCUT2D eigenvalue weighted by molar-refractivity contribution is 5.44. The van der Waals surface area contributed by atoms with Gasteiger partial charge in [0.05, 0.1) is 18.8 Å². The third-order valence-corrected chi connectivity index (χ3v) is 3.26. The molecule has 1 atom stereocenters. The van der Waals surface area contributed by atoms with Gasteiger partial charge in [-0.25, -0.2) is 0 Å². The maximum Gasteiger partial charge on any atom is 0.161 e. The summed E-state index contributed by atoms with van der Waals surface area (Å²) in [5.41, 5.74) is -0.360. The molecule has 0 saturated carbocycles. The molecule has 21 heavy (non-hydrogen) atoms. The van der Waals surface area contributed by atoms with Crippen molar-refractivity contribution >= 4 is 0 Å². The summed E-state index contributed by atoms with van der Waals surface area (Å²) in [7, 11) is 3.10.